The van der Waals surface area contributed by atoms with E-state index >= 15 is 0 Å². The second-order valence-electron chi connectivity index (χ2n) is 3.55. The van der Waals surface area contributed by atoms with Gasteiger partial charge in [0, 0.05) is 0 Å². The van der Waals surface area contributed by atoms with Gasteiger partial charge in [0.05, 0.1) is 0 Å². The van der Waals surface area contributed by atoms with E-state index in [1.807, 2.05) is 25.1 Å². The van der Waals surface area contributed by atoms with E-state index in [1.165, 1.54) is 12.1 Å². The first-order valence-electron chi connectivity index (χ1n) is 5.14. The molecule has 0 aliphatic rings. The molecule has 2 aromatic rings. The molecule has 0 spiro atoms. The molecule has 0 amide bonds. The normalized spacial score (nSPS) is 12.1. The molecule has 0 N–H and O–H groups in total. The SMILES string of the molecule is CC(Oc1cc[c]cc1)c1cccc(F)c1. The summed E-state index contributed by atoms with van der Waals surface area (Å²) >= 11 is 0. The minimum Gasteiger partial charge on any atom is -0.486 e. The van der Waals surface area contributed by atoms with Gasteiger partial charge in [-0.15, -0.1) is 0 Å². The van der Waals surface area contributed by atoms with Crippen LogP contribution in [-0.4, -0.2) is 0 Å². The quantitative estimate of drug-likeness (QED) is 0.757. The molecular formula is C14H12FO. The number of benzene rings is 2. The van der Waals surface area contributed by atoms with Crippen molar-refractivity contribution < 1.29 is 9.13 Å². The third-order valence-electron chi connectivity index (χ3n) is 2.32. The molecule has 0 heterocycles. The van der Waals surface area contributed by atoms with Crippen LogP contribution in [0, 0.1) is 11.9 Å². The van der Waals surface area contributed by atoms with Gasteiger partial charge in [-0.05, 0) is 42.8 Å². The molecule has 0 saturated heterocycles. The van der Waals surface area contributed by atoms with Crippen LogP contribution in [0.15, 0.2) is 48.5 Å². The number of halogens is 1. The fourth-order valence-electron chi connectivity index (χ4n) is 1.48. The van der Waals surface area contributed by atoms with Gasteiger partial charge in [0.15, 0.2) is 0 Å². The molecule has 1 nitrogen and oxygen atoms in total. The van der Waals surface area contributed by atoms with Crippen molar-refractivity contribution in [3.05, 3.63) is 66.0 Å². The standard InChI is InChI=1S/C14H12FO/c1-11(12-6-5-7-13(15)10-12)16-14-8-3-2-4-9-14/h3-11H,1H3. The predicted molar refractivity (Wildman–Crippen MR) is 60.7 cm³/mol. The van der Waals surface area contributed by atoms with E-state index < -0.39 is 0 Å². The van der Waals surface area contributed by atoms with Crippen LogP contribution in [0.4, 0.5) is 4.39 Å². The monoisotopic (exact) mass is 215 g/mol. The van der Waals surface area contributed by atoms with Gasteiger partial charge in [-0.1, -0.05) is 24.3 Å². The van der Waals surface area contributed by atoms with Crippen LogP contribution in [0.25, 0.3) is 0 Å². The Hall–Kier alpha value is -1.83. The fourth-order valence-corrected chi connectivity index (χ4v) is 1.48. The van der Waals surface area contributed by atoms with E-state index in [4.69, 9.17) is 4.74 Å². The van der Waals surface area contributed by atoms with Crippen molar-refractivity contribution in [2.75, 3.05) is 0 Å². The van der Waals surface area contributed by atoms with Crippen molar-refractivity contribution in [2.24, 2.45) is 0 Å². The van der Waals surface area contributed by atoms with E-state index in [0.717, 1.165) is 11.3 Å². The van der Waals surface area contributed by atoms with Crippen molar-refractivity contribution in [3.8, 4) is 5.75 Å². The van der Waals surface area contributed by atoms with E-state index in [0.29, 0.717) is 0 Å². The highest BCUT2D eigenvalue weighted by Crippen LogP contribution is 2.21. The van der Waals surface area contributed by atoms with Crippen LogP contribution in [-0.2, 0) is 0 Å². The average molecular weight is 215 g/mol. The van der Waals surface area contributed by atoms with Gasteiger partial charge >= 0.3 is 0 Å². The molecule has 2 rings (SSSR count). The lowest BCUT2D eigenvalue weighted by Gasteiger charge is -2.14. The van der Waals surface area contributed by atoms with Crippen LogP contribution in [0.1, 0.15) is 18.6 Å². The van der Waals surface area contributed by atoms with Crippen molar-refractivity contribution in [2.45, 2.75) is 13.0 Å². The largest absolute Gasteiger partial charge is 0.486 e. The van der Waals surface area contributed by atoms with Crippen molar-refractivity contribution >= 4 is 0 Å². The summed E-state index contributed by atoms with van der Waals surface area (Å²) in [5.74, 6) is 0.518. The smallest absolute Gasteiger partial charge is 0.123 e. The van der Waals surface area contributed by atoms with Gasteiger partial charge in [0.1, 0.15) is 17.7 Å². The number of ether oxygens (including phenoxy) is 1. The Bertz CT molecular complexity index is 453. The highest BCUT2D eigenvalue weighted by atomic mass is 19.1. The first kappa shape index (κ1) is 10.7. The number of hydrogen-bond donors (Lipinski definition) is 0. The van der Waals surface area contributed by atoms with Crippen LogP contribution in [0.3, 0.4) is 0 Å². The molecule has 0 aliphatic heterocycles. The first-order chi connectivity index (χ1) is 7.75. The van der Waals surface area contributed by atoms with Gasteiger partial charge in [-0.3, -0.25) is 0 Å². The molecule has 0 bridgehead atoms. The van der Waals surface area contributed by atoms with Crippen molar-refractivity contribution in [1.29, 1.82) is 0 Å². The summed E-state index contributed by atoms with van der Waals surface area (Å²) < 4.78 is 18.7. The lowest BCUT2D eigenvalue weighted by Crippen LogP contribution is -2.03. The molecule has 81 valence electrons. The van der Waals surface area contributed by atoms with Crippen LogP contribution < -0.4 is 4.74 Å². The zero-order chi connectivity index (χ0) is 11.4. The third-order valence-corrected chi connectivity index (χ3v) is 2.32. The van der Waals surface area contributed by atoms with E-state index in [2.05, 4.69) is 6.07 Å². The van der Waals surface area contributed by atoms with E-state index in [1.54, 1.807) is 18.2 Å². The van der Waals surface area contributed by atoms with Gasteiger partial charge in [0.25, 0.3) is 0 Å². The fraction of sp³-hybridized carbons (Fsp3) is 0.143. The Balaban J connectivity index is 2.12. The van der Waals surface area contributed by atoms with Gasteiger partial charge in [0.2, 0.25) is 0 Å². The maximum absolute atomic E-state index is 13.0. The molecule has 2 heteroatoms. The van der Waals surface area contributed by atoms with Crippen LogP contribution in [0.5, 0.6) is 5.75 Å². The second-order valence-corrected chi connectivity index (χ2v) is 3.55. The van der Waals surface area contributed by atoms with Crippen molar-refractivity contribution in [1.82, 2.24) is 0 Å². The Morgan fingerprint density at radius 3 is 2.62 bits per heavy atom. The van der Waals surface area contributed by atoms with Gasteiger partial charge in [-0.25, -0.2) is 4.39 Å². The molecule has 1 unspecified atom stereocenters. The summed E-state index contributed by atoms with van der Waals surface area (Å²) in [5, 5.41) is 0. The molecule has 0 aromatic heterocycles. The van der Waals surface area contributed by atoms with Gasteiger partial charge < -0.3 is 4.74 Å². The maximum atomic E-state index is 13.0. The predicted octanol–water partition coefficient (Wildman–Crippen LogP) is 3.77. The molecule has 16 heavy (non-hydrogen) atoms. The van der Waals surface area contributed by atoms with E-state index in [9.17, 15) is 4.39 Å². The minimum atomic E-state index is -0.241. The summed E-state index contributed by atoms with van der Waals surface area (Å²) in [6.45, 7) is 1.89. The first-order valence-corrected chi connectivity index (χ1v) is 5.14. The maximum Gasteiger partial charge on any atom is 0.123 e. The van der Waals surface area contributed by atoms with E-state index in [-0.39, 0.29) is 11.9 Å². The highest BCUT2D eigenvalue weighted by molar-refractivity contribution is 5.24. The summed E-state index contributed by atoms with van der Waals surface area (Å²) in [5.41, 5.74) is 0.827. The van der Waals surface area contributed by atoms with Crippen molar-refractivity contribution in [3.63, 3.8) is 0 Å². The molecule has 1 atom stereocenters. The van der Waals surface area contributed by atoms with Crippen LogP contribution >= 0.6 is 0 Å². The highest BCUT2D eigenvalue weighted by Gasteiger charge is 2.07. The molecular weight excluding hydrogens is 203 g/mol. The number of rotatable bonds is 3. The number of hydrogen-bond acceptors (Lipinski definition) is 1. The summed E-state index contributed by atoms with van der Waals surface area (Å²) in [4.78, 5) is 0. The zero-order valence-corrected chi connectivity index (χ0v) is 8.98. The third kappa shape index (κ3) is 2.60. The van der Waals surface area contributed by atoms with Gasteiger partial charge in [-0.2, -0.15) is 0 Å². The molecule has 0 fully saturated rings. The lowest BCUT2D eigenvalue weighted by atomic mass is 10.1. The molecule has 2 aromatic carbocycles. The summed E-state index contributed by atoms with van der Waals surface area (Å²) in [6.07, 6.45) is -0.168. The minimum absolute atomic E-state index is 0.168. The topological polar surface area (TPSA) is 9.23 Å². The second kappa shape index (κ2) is 4.79. The van der Waals surface area contributed by atoms with Crippen LogP contribution in [0.2, 0.25) is 0 Å². The zero-order valence-electron chi connectivity index (χ0n) is 8.98. The Morgan fingerprint density at radius 1 is 1.19 bits per heavy atom. The Labute approximate surface area is 94.5 Å². The lowest BCUT2D eigenvalue weighted by molar-refractivity contribution is 0.226. The molecule has 1 radical (unpaired) electrons. The molecule has 0 saturated carbocycles. The average Bonchev–Trinajstić information content (AvgIpc) is 2.30. The molecule has 0 aliphatic carbocycles. The Morgan fingerprint density at radius 2 is 1.94 bits per heavy atom. The summed E-state index contributed by atoms with van der Waals surface area (Å²) in [6, 6.07) is 16.6. The summed E-state index contributed by atoms with van der Waals surface area (Å²) in [7, 11) is 0. The Kier molecular flexibility index (Phi) is 3.20.